The zero-order valence-corrected chi connectivity index (χ0v) is 7.06. The van der Waals surface area contributed by atoms with Crippen LogP contribution in [0.5, 0.6) is 0 Å². The molecule has 74 valence electrons. The first-order valence-electron chi connectivity index (χ1n) is 3.38. The molecule has 0 aromatic heterocycles. The summed E-state index contributed by atoms with van der Waals surface area (Å²) in [6.07, 6.45) is -2.70. The van der Waals surface area contributed by atoms with Crippen molar-refractivity contribution in [2.45, 2.75) is 25.9 Å². The molecule has 0 saturated heterocycles. The van der Waals surface area contributed by atoms with Crippen molar-refractivity contribution >= 4 is 5.97 Å². The summed E-state index contributed by atoms with van der Waals surface area (Å²) >= 11 is 0. The first-order valence-corrected chi connectivity index (χ1v) is 3.38. The number of nitrogens with one attached hydrogen (secondary N) is 1. The predicted octanol–water partition coefficient (Wildman–Crippen LogP) is -1.68. The summed E-state index contributed by atoms with van der Waals surface area (Å²) in [6.45, 7) is 1.60. The van der Waals surface area contributed by atoms with Gasteiger partial charge in [0.25, 0.3) is 0 Å². The van der Waals surface area contributed by atoms with Crippen molar-refractivity contribution in [1.82, 2.24) is 5.32 Å². The highest BCUT2D eigenvalue weighted by Crippen LogP contribution is 1.78. The molecule has 0 spiro atoms. The minimum Gasteiger partial charge on any atom is -0.481 e. The molecule has 0 aromatic carbocycles. The third-order valence-electron chi connectivity index (χ3n) is 0.881. The number of hydrogen-bond acceptors (Lipinski definition) is 5. The van der Waals surface area contributed by atoms with E-state index >= 15 is 0 Å². The average Bonchev–Trinajstić information content (AvgIpc) is 2.04. The van der Waals surface area contributed by atoms with Crippen LogP contribution in [-0.2, 0) is 4.79 Å². The number of carboxylic acids is 1. The molecule has 0 aliphatic carbocycles. The van der Waals surface area contributed by atoms with Gasteiger partial charge in [-0.15, -0.1) is 0 Å². The summed E-state index contributed by atoms with van der Waals surface area (Å²) in [6, 6.07) is 0. The second kappa shape index (κ2) is 8.41. The Bertz CT molecular complexity index is 117. The smallest absolute Gasteiger partial charge is 0.303 e. The van der Waals surface area contributed by atoms with E-state index in [0.717, 1.165) is 0 Å². The zero-order chi connectivity index (χ0) is 10.1. The molecule has 0 amide bonds. The van der Waals surface area contributed by atoms with Gasteiger partial charge in [-0.25, -0.2) is 0 Å². The van der Waals surface area contributed by atoms with Gasteiger partial charge in [-0.1, -0.05) is 6.92 Å². The van der Waals surface area contributed by atoms with E-state index in [4.69, 9.17) is 20.4 Å². The van der Waals surface area contributed by atoms with Gasteiger partial charge in [0.05, 0.1) is 0 Å². The minimum atomic E-state index is -1.69. The molecule has 0 rings (SSSR count). The molecular formula is C6H15NO5. The number of aliphatic carboxylic acids is 1. The van der Waals surface area contributed by atoms with Crippen LogP contribution in [0, 0.1) is 0 Å². The second-order valence-corrected chi connectivity index (χ2v) is 1.89. The highest BCUT2D eigenvalue weighted by molar-refractivity contribution is 5.66. The molecule has 1 unspecified atom stereocenters. The average molecular weight is 181 g/mol. The maximum Gasteiger partial charge on any atom is 0.303 e. The largest absolute Gasteiger partial charge is 0.481 e. The Hall–Kier alpha value is -0.690. The van der Waals surface area contributed by atoms with E-state index in [9.17, 15) is 4.79 Å². The van der Waals surface area contributed by atoms with E-state index < -0.39 is 18.5 Å². The Labute approximate surface area is 70.5 Å². The van der Waals surface area contributed by atoms with Crippen molar-refractivity contribution in [2.24, 2.45) is 0 Å². The van der Waals surface area contributed by atoms with Crippen LogP contribution in [0.25, 0.3) is 0 Å². The van der Waals surface area contributed by atoms with E-state index in [2.05, 4.69) is 5.32 Å². The third-order valence-corrected chi connectivity index (χ3v) is 0.881. The van der Waals surface area contributed by atoms with Crippen LogP contribution < -0.4 is 5.32 Å². The molecule has 0 aliphatic heterocycles. The normalized spacial score (nSPS) is 11.8. The number of carbonyl (C=O) groups is 1. The standard InChI is InChI=1S/C3H9NO3.C3H6O2/c1-4-2(5)3(6)7;1-2-3(4)5/h2-7H,1H3;2H2,1H3,(H,4,5). The van der Waals surface area contributed by atoms with Gasteiger partial charge in [-0.2, -0.15) is 0 Å². The Morgan fingerprint density at radius 1 is 1.42 bits per heavy atom. The van der Waals surface area contributed by atoms with Crippen LogP contribution in [-0.4, -0.2) is 46.0 Å². The van der Waals surface area contributed by atoms with E-state index in [0.29, 0.717) is 0 Å². The Balaban J connectivity index is 0. The fourth-order valence-corrected chi connectivity index (χ4v) is 0.149. The van der Waals surface area contributed by atoms with Crippen LogP contribution >= 0.6 is 0 Å². The molecule has 0 saturated carbocycles. The van der Waals surface area contributed by atoms with E-state index in [-0.39, 0.29) is 6.42 Å². The molecule has 6 nitrogen and oxygen atoms in total. The van der Waals surface area contributed by atoms with Crippen LogP contribution in [0.3, 0.4) is 0 Å². The molecule has 5 N–H and O–H groups in total. The number of likely N-dealkylation sites (N-methyl/N-ethyl adjacent to an activating group) is 1. The molecule has 0 bridgehead atoms. The maximum atomic E-state index is 9.37. The van der Waals surface area contributed by atoms with Crippen LogP contribution in [0.15, 0.2) is 0 Å². The van der Waals surface area contributed by atoms with Gasteiger partial charge in [-0.3, -0.25) is 10.1 Å². The Morgan fingerprint density at radius 2 is 1.75 bits per heavy atom. The molecule has 0 heterocycles. The number of aliphatic hydroxyl groups is 3. The van der Waals surface area contributed by atoms with Gasteiger partial charge >= 0.3 is 5.97 Å². The van der Waals surface area contributed by atoms with Gasteiger partial charge in [0.1, 0.15) is 0 Å². The van der Waals surface area contributed by atoms with Gasteiger partial charge in [0.2, 0.25) is 0 Å². The predicted molar refractivity (Wildman–Crippen MR) is 41.2 cm³/mol. The molecule has 6 heteroatoms. The molecule has 0 radical (unpaired) electrons. The van der Waals surface area contributed by atoms with Gasteiger partial charge in [0.15, 0.2) is 12.5 Å². The first kappa shape index (κ1) is 13.9. The van der Waals surface area contributed by atoms with Crippen LogP contribution in [0.1, 0.15) is 13.3 Å². The monoisotopic (exact) mass is 181 g/mol. The summed E-state index contributed by atoms with van der Waals surface area (Å²) in [7, 11) is 1.42. The lowest BCUT2D eigenvalue weighted by Crippen LogP contribution is -2.36. The lowest BCUT2D eigenvalue weighted by atomic mass is 10.5. The number of hydrogen-bond donors (Lipinski definition) is 5. The number of carboxylic acid groups (broad SMARTS) is 1. The second-order valence-electron chi connectivity index (χ2n) is 1.89. The van der Waals surface area contributed by atoms with E-state index in [1.54, 1.807) is 6.92 Å². The third kappa shape index (κ3) is 12.0. The first-order chi connectivity index (χ1) is 5.45. The summed E-state index contributed by atoms with van der Waals surface area (Å²) in [5, 5.41) is 34.4. The van der Waals surface area contributed by atoms with E-state index in [1.807, 2.05) is 0 Å². The van der Waals surface area contributed by atoms with E-state index in [1.165, 1.54) is 7.05 Å². The van der Waals surface area contributed by atoms with Crippen molar-refractivity contribution in [3.8, 4) is 0 Å². The van der Waals surface area contributed by atoms with Gasteiger partial charge in [0, 0.05) is 6.42 Å². The lowest BCUT2D eigenvalue weighted by molar-refractivity contribution is -0.136. The fourth-order valence-electron chi connectivity index (χ4n) is 0.149. The molecule has 0 aliphatic rings. The van der Waals surface area contributed by atoms with Crippen LogP contribution in [0.2, 0.25) is 0 Å². The Kier molecular flexibility index (Phi) is 9.72. The molecule has 12 heavy (non-hydrogen) atoms. The van der Waals surface area contributed by atoms with Crippen molar-refractivity contribution < 1.29 is 25.2 Å². The quantitative estimate of drug-likeness (QED) is 0.332. The van der Waals surface area contributed by atoms with Gasteiger partial charge < -0.3 is 20.4 Å². The highest BCUT2D eigenvalue weighted by atomic mass is 16.5. The van der Waals surface area contributed by atoms with Gasteiger partial charge in [-0.05, 0) is 7.05 Å². The van der Waals surface area contributed by atoms with Crippen molar-refractivity contribution in [1.29, 1.82) is 0 Å². The number of aliphatic hydroxyl groups excluding tert-OH is 2. The summed E-state index contributed by atoms with van der Waals surface area (Å²) in [5.74, 6) is -0.745. The summed E-state index contributed by atoms with van der Waals surface area (Å²) < 4.78 is 0. The Morgan fingerprint density at radius 3 is 1.75 bits per heavy atom. The molecular weight excluding hydrogens is 166 g/mol. The van der Waals surface area contributed by atoms with Crippen molar-refractivity contribution in [2.75, 3.05) is 7.05 Å². The fraction of sp³-hybridized carbons (Fsp3) is 0.833. The lowest BCUT2D eigenvalue weighted by Gasteiger charge is -2.09. The summed E-state index contributed by atoms with van der Waals surface area (Å²) in [5.41, 5.74) is 0. The molecule has 0 fully saturated rings. The minimum absolute atomic E-state index is 0.222. The highest BCUT2D eigenvalue weighted by Gasteiger charge is 2.06. The zero-order valence-electron chi connectivity index (χ0n) is 7.06. The maximum absolute atomic E-state index is 9.37. The van der Waals surface area contributed by atoms with Crippen LogP contribution in [0.4, 0.5) is 0 Å². The number of rotatable bonds is 3. The SMILES string of the molecule is CCC(=O)O.CNC(O)C(O)O. The van der Waals surface area contributed by atoms with Crippen molar-refractivity contribution in [3.05, 3.63) is 0 Å². The molecule has 0 aromatic rings. The molecule has 1 atom stereocenters. The topological polar surface area (TPSA) is 110 Å². The summed E-state index contributed by atoms with van der Waals surface area (Å²) in [4.78, 5) is 9.37. The van der Waals surface area contributed by atoms with Crippen molar-refractivity contribution in [3.63, 3.8) is 0 Å².